The van der Waals surface area contributed by atoms with Gasteiger partial charge in [0.25, 0.3) is 0 Å². The fourth-order valence-electron chi connectivity index (χ4n) is 3.04. The van der Waals surface area contributed by atoms with E-state index in [1.165, 1.54) is 12.7 Å². The molecule has 0 amide bonds. The van der Waals surface area contributed by atoms with Gasteiger partial charge in [-0.05, 0) is 41.8 Å². The van der Waals surface area contributed by atoms with Gasteiger partial charge in [-0.25, -0.2) is 4.79 Å². The number of nitrogens with zero attached hydrogens (tertiary/aromatic N) is 1. The van der Waals surface area contributed by atoms with Crippen LogP contribution in [0.4, 0.5) is 0 Å². The van der Waals surface area contributed by atoms with Crippen molar-refractivity contribution < 1.29 is 19.4 Å². The number of hydrogen-bond acceptors (Lipinski definition) is 4. The van der Waals surface area contributed by atoms with E-state index in [9.17, 15) is 9.90 Å². The lowest BCUT2D eigenvalue weighted by Gasteiger charge is -2.39. The Morgan fingerprint density at radius 2 is 2.00 bits per heavy atom. The van der Waals surface area contributed by atoms with Crippen LogP contribution in [0.2, 0.25) is 0 Å². The Kier molecular flexibility index (Phi) is 5.24. The van der Waals surface area contributed by atoms with E-state index in [0.29, 0.717) is 12.3 Å². The van der Waals surface area contributed by atoms with Gasteiger partial charge in [0.2, 0.25) is 0 Å². The first-order chi connectivity index (χ1) is 12.1. The minimum absolute atomic E-state index is 0.185. The van der Waals surface area contributed by atoms with Crippen LogP contribution in [0.1, 0.15) is 28.4 Å². The molecule has 1 aliphatic heterocycles. The highest BCUT2D eigenvalue weighted by Crippen LogP contribution is 2.24. The van der Waals surface area contributed by atoms with Gasteiger partial charge in [0.1, 0.15) is 23.2 Å². The first-order valence-electron chi connectivity index (χ1n) is 8.47. The fraction of sp³-hybridized carbons (Fsp3) is 0.350. The molecule has 2 aromatic rings. The molecule has 5 nitrogen and oxygen atoms in total. The van der Waals surface area contributed by atoms with Gasteiger partial charge in [0.15, 0.2) is 0 Å². The van der Waals surface area contributed by atoms with E-state index in [2.05, 4.69) is 24.0 Å². The minimum atomic E-state index is -0.973. The Morgan fingerprint density at radius 3 is 2.68 bits per heavy atom. The summed E-state index contributed by atoms with van der Waals surface area (Å²) in [5.74, 6) is 0.331. The zero-order chi connectivity index (χ0) is 17.8. The molecule has 132 valence electrons. The van der Waals surface area contributed by atoms with Crippen LogP contribution in [0.3, 0.4) is 0 Å². The van der Waals surface area contributed by atoms with E-state index in [1.807, 2.05) is 18.2 Å². The fourth-order valence-corrected chi connectivity index (χ4v) is 3.04. The summed E-state index contributed by atoms with van der Waals surface area (Å²) in [5.41, 5.74) is 2.43. The highest BCUT2D eigenvalue weighted by atomic mass is 16.5. The van der Waals surface area contributed by atoms with Gasteiger partial charge in [0, 0.05) is 19.6 Å². The zero-order valence-corrected chi connectivity index (χ0v) is 14.6. The molecule has 3 rings (SSSR count). The first kappa shape index (κ1) is 17.3. The summed E-state index contributed by atoms with van der Waals surface area (Å²) in [6, 6.07) is 13.5. The number of aromatic carboxylic acids is 1. The van der Waals surface area contributed by atoms with E-state index in [-0.39, 0.29) is 11.7 Å². The lowest BCUT2D eigenvalue weighted by Crippen LogP contribution is -2.53. The molecule has 1 N–H and O–H groups in total. The molecule has 25 heavy (non-hydrogen) atoms. The number of benzene rings is 2. The SMILES string of the molecule is CCc1cccc(OC2CN(Cc3ccc(OC)c(C(=O)O)c3)C2)c1. The lowest BCUT2D eigenvalue weighted by atomic mass is 10.1. The van der Waals surface area contributed by atoms with Crippen LogP contribution < -0.4 is 9.47 Å². The Bertz CT molecular complexity index is 753. The molecule has 0 spiro atoms. The van der Waals surface area contributed by atoms with Crippen LogP contribution in [-0.4, -0.2) is 42.3 Å². The topological polar surface area (TPSA) is 59.0 Å². The summed E-state index contributed by atoms with van der Waals surface area (Å²) < 4.78 is 11.1. The van der Waals surface area contributed by atoms with Gasteiger partial charge < -0.3 is 14.6 Å². The summed E-state index contributed by atoms with van der Waals surface area (Å²) in [4.78, 5) is 13.5. The largest absolute Gasteiger partial charge is 0.496 e. The van der Waals surface area contributed by atoms with Crippen molar-refractivity contribution in [2.75, 3.05) is 20.2 Å². The molecular weight excluding hydrogens is 318 g/mol. The molecule has 0 saturated carbocycles. The van der Waals surface area contributed by atoms with Crippen molar-refractivity contribution >= 4 is 5.97 Å². The molecular formula is C20H23NO4. The first-order valence-corrected chi connectivity index (χ1v) is 8.47. The Labute approximate surface area is 147 Å². The van der Waals surface area contributed by atoms with Gasteiger partial charge in [-0.2, -0.15) is 0 Å². The summed E-state index contributed by atoms with van der Waals surface area (Å²) in [6.07, 6.45) is 1.18. The zero-order valence-electron chi connectivity index (χ0n) is 14.6. The highest BCUT2D eigenvalue weighted by molar-refractivity contribution is 5.91. The number of likely N-dealkylation sites (tertiary alicyclic amines) is 1. The number of carbonyl (C=O) groups is 1. The number of aryl methyl sites for hydroxylation is 1. The number of hydrogen-bond donors (Lipinski definition) is 1. The maximum absolute atomic E-state index is 11.3. The normalized spacial score (nSPS) is 14.8. The van der Waals surface area contributed by atoms with Crippen LogP contribution >= 0.6 is 0 Å². The van der Waals surface area contributed by atoms with Crippen LogP contribution in [0.15, 0.2) is 42.5 Å². The molecule has 1 heterocycles. The van der Waals surface area contributed by atoms with Crippen LogP contribution in [-0.2, 0) is 13.0 Å². The molecule has 0 radical (unpaired) electrons. The average molecular weight is 341 g/mol. The third-order valence-electron chi connectivity index (χ3n) is 4.43. The maximum atomic E-state index is 11.3. The third-order valence-corrected chi connectivity index (χ3v) is 4.43. The van der Waals surface area contributed by atoms with Crippen LogP contribution in [0, 0.1) is 0 Å². The Balaban J connectivity index is 1.55. The molecule has 1 saturated heterocycles. The van der Waals surface area contributed by atoms with Gasteiger partial charge >= 0.3 is 5.97 Å². The summed E-state index contributed by atoms with van der Waals surface area (Å²) in [7, 11) is 1.48. The number of carboxylic acids is 1. The highest BCUT2D eigenvalue weighted by Gasteiger charge is 2.28. The van der Waals surface area contributed by atoms with Crippen LogP contribution in [0.5, 0.6) is 11.5 Å². The molecule has 0 bridgehead atoms. The van der Waals surface area contributed by atoms with Crippen molar-refractivity contribution in [1.82, 2.24) is 4.90 Å². The molecule has 0 atom stereocenters. The number of carboxylic acid groups (broad SMARTS) is 1. The third kappa shape index (κ3) is 4.12. The minimum Gasteiger partial charge on any atom is -0.496 e. The molecule has 1 aliphatic rings. The summed E-state index contributed by atoms with van der Waals surface area (Å²) in [5, 5.41) is 9.26. The monoisotopic (exact) mass is 341 g/mol. The lowest BCUT2D eigenvalue weighted by molar-refractivity contribution is 0.0145. The molecule has 1 fully saturated rings. The Morgan fingerprint density at radius 1 is 1.20 bits per heavy atom. The average Bonchev–Trinajstić information content (AvgIpc) is 2.59. The summed E-state index contributed by atoms with van der Waals surface area (Å²) >= 11 is 0. The second-order valence-electron chi connectivity index (χ2n) is 6.27. The van der Waals surface area contributed by atoms with E-state index >= 15 is 0 Å². The van der Waals surface area contributed by atoms with Gasteiger partial charge in [-0.15, -0.1) is 0 Å². The quantitative estimate of drug-likeness (QED) is 0.838. The molecule has 5 heteroatoms. The van der Waals surface area contributed by atoms with Crippen LogP contribution in [0.25, 0.3) is 0 Å². The van der Waals surface area contributed by atoms with Crippen molar-refractivity contribution in [2.45, 2.75) is 26.0 Å². The van der Waals surface area contributed by atoms with Gasteiger partial charge in [-0.3, -0.25) is 4.90 Å². The predicted octanol–water partition coefficient (Wildman–Crippen LogP) is 3.22. The molecule has 0 unspecified atom stereocenters. The molecule has 2 aromatic carbocycles. The van der Waals surface area contributed by atoms with E-state index in [4.69, 9.17) is 9.47 Å². The maximum Gasteiger partial charge on any atom is 0.339 e. The van der Waals surface area contributed by atoms with E-state index < -0.39 is 5.97 Å². The van der Waals surface area contributed by atoms with Gasteiger partial charge in [-0.1, -0.05) is 25.1 Å². The van der Waals surface area contributed by atoms with Gasteiger partial charge in [0.05, 0.1) is 7.11 Å². The second kappa shape index (κ2) is 7.57. The molecule has 0 aliphatic carbocycles. The van der Waals surface area contributed by atoms with E-state index in [1.54, 1.807) is 12.1 Å². The number of ether oxygens (including phenoxy) is 2. The van der Waals surface area contributed by atoms with Crippen molar-refractivity contribution in [3.63, 3.8) is 0 Å². The Hall–Kier alpha value is -2.53. The summed E-state index contributed by atoms with van der Waals surface area (Å²) in [6.45, 7) is 4.51. The van der Waals surface area contributed by atoms with Crippen molar-refractivity contribution in [1.29, 1.82) is 0 Å². The van der Waals surface area contributed by atoms with Crippen molar-refractivity contribution in [3.05, 3.63) is 59.2 Å². The predicted molar refractivity (Wildman–Crippen MR) is 95.5 cm³/mol. The standard InChI is InChI=1S/C20H23NO4/c1-3-14-5-4-6-16(9-14)25-17-12-21(13-17)11-15-7-8-19(24-2)18(10-15)20(22)23/h4-10,17H,3,11-13H2,1-2H3,(H,22,23). The number of rotatable bonds is 7. The second-order valence-corrected chi connectivity index (χ2v) is 6.27. The van der Waals surface area contributed by atoms with Crippen molar-refractivity contribution in [3.8, 4) is 11.5 Å². The van der Waals surface area contributed by atoms with Crippen molar-refractivity contribution in [2.24, 2.45) is 0 Å². The molecule has 0 aromatic heterocycles. The van der Waals surface area contributed by atoms with E-state index in [0.717, 1.165) is 30.8 Å². The number of methoxy groups -OCH3 is 1. The smallest absolute Gasteiger partial charge is 0.339 e.